The Labute approximate surface area is 698 Å². The van der Waals surface area contributed by atoms with E-state index < -0.39 is 38.4 Å². The van der Waals surface area contributed by atoms with Gasteiger partial charge in [0.15, 0.2) is 14.0 Å². The molecule has 29 heteroatoms. The number of nitrogens with one attached hydrogen (secondary N) is 1. The second kappa shape index (κ2) is 40.3. The SMILES string of the molecule is C=C=N[Si](C)(C)C.CN1OC2(CC(c3ccccc3)Oc3ccc(Br)cc32)N=C1N.CNO.Cl.N#C/C=C1\CC(c2ccccc2)Oc2ccc(Br)cc21.N#Cc1cc(B(O)O)ccc1F.O=C1CC(c2ccccc2)Oc2ccc(Br)cc21.[C-]#[N+]c1cc(-c2ccc3c(c2)C2(CC(c4ccccc4)O3)N=C(N)N(C)O2)ccc1F. The van der Waals surface area contributed by atoms with Gasteiger partial charge in [-0.25, -0.2) is 48.9 Å². The Balaban J connectivity index is 0.000000163. The molecule has 6 aliphatic heterocycles. The van der Waals surface area contributed by atoms with Crippen molar-refractivity contribution >= 4 is 116 Å². The largest absolute Gasteiger partial charge is 0.488 e. The van der Waals surface area contributed by atoms with Gasteiger partial charge in [0, 0.05) is 65.5 Å². The summed E-state index contributed by atoms with van der Waals surface area (Å²) in [6.45, 7) is 17.0. The predicted molar refractivity (Wildman–Crippen MR) is 456 cm³/mol. The molecule has 0 amide bonds. The number of hydrogen-bond donors (Lipinski definition) is 6. The maximum atomic E-state index is 13.8. The van der Waals surface area contributed by atoms with Crippen molar-refractivity contribution in [3.63, 3.8) is 0 Å². The number of ether oxygens (including phenoxy) is 4. The molecule has 6 aliphatic rings. The van der Waals surface area contributed by atoms with E-state index in [1.54, 1.807) is 37.8 Å². The number of nitrogens with zero attached hydrogens (tertiary/aromatic N) is 8. The summed E-state index contributed by atoms with van der Waals surface area (Å²) in [6, 6.07) is 74.4. The molecule has 115 heavy (non-hydrogen) atoms. The van der Waals surface area contributed by atoms with Crippen LogP contribution in [0.3, 0.4) is 0 Å². The molecule has 6 atom stereocenters. The number of rotatable bonds is 7. The fourth-order valence-corrected chi connectivity index (χ4v) is 14.3. The number of aliphatic imine (C=N–C) groups is 2. The van der Waals surface area contributed by atoms with Crippen LogP contribution in [-0.4, -0.2) is 85.5 Å². The molecular weight excluding hydrogens is 1700 g/mol. The van der Waals surface area contributed by atoms with Crippen LogP contribution in [-0.2, 0) is 21.1 Å². The van der Waals surface area contributed by atoms with Crippen LogP contribution < -0.4 is 41.4 Å². The van der Waals surface area contributed by atoms with Crippen LogP contribution in [0.15, 0.2) is 271 Å². The second-order valence-electron chi connectivity index (χ2n) is 27.1. The number of benzene rings is 10. The van der Waals surface area contributed by atoms with Crippen LogP contribution in [0, 0.1) is 40.9 Å². The molecule has 0 fully saturated rings. The van der Waals surface area contributed by atoms with Crippen molar-refractivity contribution in [2.45, 2.75) is 81.2 Å². The second-order valence-corrected chi connectivity index (χ2v) is 34.4. The lowest BCUT2D eigenvalue weighted by Gasteiger charge is -2.37. The van der Waals surface area contributed by atoms with Crippen molar-refractivity contribution in [1.82, 2.24) is 15.6 Å². The summed E-state index contributed by atoms with van der Waals surface area (Å²) >= 11 is 10.3. The van der Waals surface area contributed by atoms with Gasteiger partial charge in [-0.15, -0.1) is 12.4 Å². The molecule has 8 N–H and O–H groups in total. The molecule has 0 aliphatic carbocycles. The third kappa shape index (κ3) is 22.5. The first-order valence-electron chi connectivity index (χ1n) is 35.6. The molecule has 10 aromatic rings. The number of hydrogen-bond acceptors (Lipinski definition) is 20. The van der Waals surface area contributed by atoms with Gasteiger partial charge >= 0.3 is 7.12 Å². The Kier molecular flexibility index (Phi) is 30.8. The third-order valence-electron chi connectivity index (χ3n) is 18.0. The summed E-state index contributed by atoms with van der Waals surface area (Å²) in [5.41, 5.74) is 21.9. The van der Waals surface area contributed by atoms with Crippen molar-refractivity contribution in [3.05, 3.63) is 330 Å². The number of ketones is 1. The van der Waals surface area contributed by atoms with Gasteiger partial charge in [0.05, 0.1) is 41.3 Å². The van der Waals surface area contributed by atoms with Gasteiger partial charge in [-0.1, -0.05) is 187 Å². The molecule has 0 saturated heterocycles. The minimum atomic E-state index is -1.67. The molecule has 588 valence electrons. The smallest absolute Gasteiger partial charge is 0.485 e. The van der Waals surface area contributed by atoms with Crippen LogP contribution in [0.2, 0.25) is 19.6 Å². The first-order valence-corrected chi connectivity index (χ1v) is 41.4. The van der Waals surface area contributed by atoms with E-state index in [2.05, 4.69) is 118 Å². The Morgan fingerprint density at radius 3 is 1.45 bits per heavy atom. The molecule has 0 aromatic heterocycles. The summed E-state index contributed by atoms with van der Waals surface area (Å²) in [5, 5.41) is 45.0. The number of nitrogens with two attached hydrogens (primary N) is 2. The lowest BCUT2D eigenvalue weighted by atomic mass is 9.80. The third-order valence-corrected chi connectivity index (χ3v) is 20.3. The zero-order chi connectivity index (χ0) is 81.9. The Morgan fingerprint density at radius 1 is 0.609 bits per heavy atom. The number of Topliss-reactive ketones (excluding diaryl/α,β-unsaturated/α-hetero) is 1. The Morgan fingerprint density at radius 2 is 1.02 bits per heavy atom. The van der Waals surface area contributed by atoms with Gasteiger partial charge in [0.2, 0.25) is 29.1 Å². The lowest BCUT2D eigenvalue weighted by Crippen LogP contribution is -2.36. The predicted octanol–water partition coefficient (Wildman–Crippen LogP) is 18.3. The van der Waals surface area contributed by atoms with E-state index in [9.17, 15) is 13.6 Å². The molecular formula is C86H80BBr3ClF2N11O10Si. The molecule has 0 bridgehead atoms. The summed E-state index contributed by atoms with van der Waals surface area (Å²) in [6.07, 6.45) is 3.10. The molecule has 0 saturated carbocycles. The number of guanidine groups is 2. The van der Waals surface area contributed by atoms with Crippen molar-refractivity contribution in [2.75, 3.05) is 21.1 Å². The van der Waals surface area contributed by atoms with Gasteiger partial charge < -0.3 is 45.7 Å². The molecule has 21 nitrogen and oxygen atoms in total. The van der Waals surface area contributed by atoms with E-state index in [0.717, 1.165) is 92.7 Å². The highest BCUT2D eigenvalue weighted by Gasteiger charge is 2.51. The monoisotopic (exact) mass is 1780 g/mol. The zero-order valence-electron chi connectivity index (χ0n) is 63.2. The number of allylic oxidation sites excluding steroid dienone is 1. The van der Waals surface area contributed by atoms with Crippen molar-refractivity contribution in [3.8, 4) is 46.3 Å². The van der Waals surface area contributed by atoms with Gasteiger partial charge in [-0.05, 0) is 168 Å². The van der Waals surface area contributed by atoms with E-state index in [-0.39, 0.29) is 65.3 Å². The average molecular weight is 1780 g/mol. The number of nitriles is 2. The Hall–Kier alpha value is -11.1. The highest BCUT2D eigenvalue weighted by Crippen LogP contribution is 2.53. The number of fused-ring (bicyclic) bond motifs is 6. The number of halogens is 6. The Bertz CT molecular complexity index is 5370. The summed E-state index contributed by atoms with van der Waals surface area (Å²) in [5.74, 6) is 5.02. The fraction of sp³-hybridized carbons (Fsp3) is 0.186. The number of carbonyl (C=O) groups excluding carboxylic acids is 1. The topological polar surface area (TPSA) is 293 Å². The van der Waals surface area contributed by atoms with Crippen LogP contribution in [0.5, 0.6) is 23.0 Å². The van der Waals surface area contributed by atoms with Gasteiger partial charge in [0.1, 0.15) is 65.1 Å². The van der Waals surface area contributed by atoms with Crippen LogP contribution in [0.25, 0.3) is 21.5 Å². The van der Waals surface area contributed by atoms with Crippen molar-refractivity contribution in [2.24, 2.45) is 26.1 Å². The first kappa shape index (κ1) is 87.9. The molecule has 6 heterocycles. The van der Waals surface area contributed by atoms with Crippen LogP contribution in [0.1, 0.15) is 105 Å². The quantitative estimate of drug-likeness (QED) is 0.0284. The molecule has 10 aromatic carbocycles. The number of carbonyl (C=O) groups is 1. The van der Waals surface area contributed by atoms with Gasteiger partial charge in [-0.2, -0.15) is 10.5 Å². The first-order chi connectivity index (χ1) is 54.7. The van der Waals surface area contributed by atoms with Gasteiger partial charge in [-0.3, -0.25) is 9.45 Å². The molecule has 0 radical (unpaired) electrons. The van der Waals surface area contributed by atoms with Crippen LogP contribution in [0.4, 0.5) is 14.5 Å². The maximum Gasteiger partial charge on any atom is 0.488 e. The zero-order valence-corrected chi connectivity index (χ0v) is 69.7. The molecule has 2 spiro atoms. The fourth-order valence-electron chi connectivity index (χ4n) is 12.7. The van der Waals surface area contributed by atoms with Crippen molar-refractivity contribution < 1.29 is 57.5 Å². The maximum absolute atomic E-state index is 13.8. The lowest BCUT2D eigenvalue weighted by molar-refractivity contribution is -0.191. The van der Waals surface area contributed by atoms with E-state index >= 15 is 0 Å². The minimum absolute atomic E-state index is 0. The van der Waals surface area contributed by atoms with Crippen molar-refractivity contribution in [1.29, 1.82) is 10.5 Å². The number of hydroxylamine groups is 5. The standard InChI is InChI=1S/C24H19FN4O2.C17H16BrN3O2.C17H12BrNO.C15H11BrO2.C7H5BFNO2.C5H11NSi.CH5NO.ClH/c1-27-20-13-17(8-10-19(20)25)16-9-11-21-18(12-16)24(28-23(26)29(2)31-24)14-22(30-21)15-6-4-3-5-7-15;1-21-16(19)20-17(23-21)10-15(11-5-3-2-4-6-11)22-14-8-7-12(18)9-13(14)17;18-14-6-7-16-15(11-14)13(8-9-19)10-17(20-16)12-4-2-1-3-5-12;16-11-6-7-14-12(8-11)13(17)9-15(18-14)10-4-2-1-3-5-10;9-7-2-1-6(8(11)12)3-5(7)4-10;1-5-6-7(2,3)4;1-2-3;/h3-13,22H,14H2,2H3,(H2,26,28);2-9,15H,10H2,1H3,(H2,19,20);1-8,11,17H,10H2;1-8,15H,9H2;1-3,11-12H;1H2,2-4H3;2-3H,1H3;1H/b;;13-8+;;;;;. The normalized spacial score (nSPS) is 18.9. The van der Waals surface area contributed by atoms with Gasteiger partial charge in [0.25, 0.3) is 0 Å². The van der Waals surface area contributed by atoms with E-state index in [1.807, 2.05) is 182 Å². The van der Waals surface area contributed by atoms with Crippen LogP contribution >= 0.6 is 60.2 Å². The highest BCUT2D eigenvalue weighted by molar-refractivity contribution is 9.11. The summed E-state index contributed by atoms with van der Waals surface area (Å²) in [4.78, 5) is 36.9. The highest BCUT2D eigenvalue weighted by atomic mass is 79.9. The molecule has 16 rings (SSSR count). The van der Waals surface area contributed by atoms with E-state index in [0.29, 0.717) is 48.7 Å². The summed E-state index contributed by atoms with van der Waals surface area (Å²) < 4.78 is 57.8. The van der Waals surface area contributed by atoms with E-state index in [1.165, 1.54) is 35.4 Å². The van der Waals surface area contributed by atoms with E-state index in [4.69, 9.17) is 72.4 Å². The minimum Gasteiger partial charge on any atom is -0.485 e. The molecule has 6 unspecified atom stereocenters. The summed E-state index contributed by atoms with van der Waals surface area (Å²) in [7, 11) is 2.03. The average Bonchev–Trinajstić information content (AvgIpc) is 1.66.